The first-order valence-corrected chi connectivity index (χ1v) is 4.38. The van der Waals surface area contributed by atoms with Gasteiger partial charge in [0.25, 0.3) is 0 Å². The number of aryl methyl sites for hydroxylation is 2. The summed E-state index contributed by atoms with van der Waals surface area (Å²) >= 11 is 0. The smallest absolute Gasteiger partial charge is 0.217 e. The van der Waals surface area contributed by atoms with Gasteiger partial charge < -0.3 is 9.47 Å². The number of hydrogen-bond acceptors (Lipinski definition) is 3. The predicted octanol–water partition coefficient (Wildman–Crippen LogP) is 2.28. The van der Waals surface area contributed by atoms with Crippen LogP contribution in [0.1, 0.15) is 16.7 Å². The van der Waals surface area contributed by atoms with Crippen LogP contribution in [0.5, 0.6) is 5.75 Å². The van der Waals surface area contributed by atoms with E-state index in [1.807, 2.05) is 26.0 Å². The highest BCUT2D eigenvalue weighted by atomic mass is 16.5. The van der Waals surface area contributed by atoms with Crippen LogP contribution in [-0.4, -0.2) is 20.1 Å². The van der Waals surface area contributed by atoms with Crippen molar-refractivity contribution in [2.24, 2.45) is 0 Å². The molecule has 0 aromatic heterocycles. The second-order valence-electron chi connectivity index (χ2n) is 3.19. The molecule has 0 aliphatic heterocycles. The van der Waals surface area contributed by atoms with Gasteiger partial charge >= 0.3 is 0 Å². The molecule has 0 atom stereocenters. The molecule has 1 aromatic carbocycles. The summed E-state index contributed by atoms with van der Waals surface area (Å²) in [4.78, 5) is 0. The maximum Gasteiger partial charge on any atom is 0.217 e. The molecule has 0 aliphatic rings. The average Bonchev–Trinajstić information content (AvgIpc) is 2.15. The fraction of sp³-hybridized carbons (Fsp3) is 0.364. The zero-order chi connectivity index (χ0) is 10.7. The molecule has 0 unspecified atom stereocenters. The predicted molar refractivity (Wildman–Crippen MR) is 56.3 cm³/mol. The SMILES string of the molecule is COC(=N)c1c(C)cc(C)cc1OC. The van der Waals surface area contributed by atoms with Crippen LogP contribution in [0.3, 0.4) is 0 Å². The van der Waals surface area contributed by atoms with E-state index >= 15 is 0 Å². The van der Waals surface area contributed by atoms with E-state index in [2.05, 4.69) is 0 Å². The normalized spacial score (nSPS) is 9.71. The topological polar surface area (TPSA) is 42.3 Å². The fourth-order valence-corrected chi connectivity index (χ4v) is 1.48. The molecule has 0 aliphatic carbocycles. The van der Waals surface area contributed by atoms with Crippen molar-refractivity contribution < 1.29 is 9.47 Å². The van der Waals surface area contributed by atoms with E-state index in [0.717, 1.165) is 16.7 Å². The monoisotopic (exact) mass is 193 g/mol. The molecule has 1 N–H and O–H groups in total. The van der Waals surface area contributed by atoms with Crippen LogP contribution in [0, 0.1) is 19.3 Å². The third kappa shape index (κ3) is 1.87. The van der Waals surface area contributed by atoms with Crippen LogP contribution in [-0.2, 0) is 4.74 Å². The van der Waals surface area contributed by atoms with Crippen molar-refractivity contribution in [3.8, 4) is 5.75 Å². The van der Waals surface area contributed by atoms with Gasteiger partial charge in [0.05, 0.1) is 19.8 Å². The van der Waals surface area contributed by atoms with Crippen molar-refractivity contribution >= 4 is 5.90 Å². The standard InChI is InChI=1S/C11H15NO2/c1-7-5-8(2)10(11(12)14-4)9(6-7)13-3/h5-6,12H,1-4H3. The van der Waals surface area contributed by atoms with E-state index in [1.165, 1.54) is 7.11 Å². The largest absolute Gasteiger partial charge is 0.496 e. The third-order valence-corrected chi connectivity index (χ3v) is 2.09. The van der Waals surface area contributed by atoms with Crippen molar-refractivity contribution in [3.05, 3.63) is 28.8 Å². The molecule has 76 valence electrons. The summed E-state index contributed by atoms with van der Waals surface area (Å²) in [7, 11) is 3.09. The highest BCUT2D eigenvalue weighted by Gasteiger charge is 2.12. The van der Waals surface area contributed by atoms with E-state index in [9.17, 15) is 0 Å². The summed E-state index contributed by atoms with van der Waals surface area (Å²) in [5, 5.41) is 7.63. The van der Waals surface area contributed by atoms with Crippen LogP contribution in [0.15, 0.2) is 12.1 Å². The van der Waals surface area contributed by atoms with Crippen molar-refractivity contribution in [1.82, 2.24) is 0 Å². The Morgan fingerprint density at radius 2 is 1.86 bits per heavy atom. The molecule has 0 spiro atoms. The minimum absolute atomic E-state index is 0.138. The van der Waals surface area contributed by atoms with Crippen molar-refractivity contribution in [2.45, 2.75) is 13.8 Å². The summed E-state index contributed by atoms with van der Waals surface area (Å²) in [6, 6.07) is 3.90. The summed E-state index contributed by atoms with van der Waals surface area (Å²) in [6.07, 6.45) is 0. The van der Waals surface area contributed by atoms with E-state index in [1.54, 1.807) is 7.11 Å². The Bertz CT molecular complexity index is 359. The lowest BCUT2D eigenvalue weighted by Gasteiger charge is -2.12. The maximum absolute atomic E-state index is 7.63. The van der Waals surface area contributed by atoms with Gasteiger partial charge in [-0.3, -0.25) is 5.41 Å². The molecular weight excluding hydrogens is 178 g/mol. The van der Waals surface area contributed by atoms with E-state index in [4.69, 9.17) is 14.9 Å². The first kappa shape index (κ1) is 10.6. The lowest BCUT2D eigenvalue weighted by molar-refractivity contribution is 0.387. The lowest BCUT2D eigenvalue weighted by Crippen LogP contribution is -2.06. The average molecular weight is 193 g/mol. The second kappa shape index (κ2) is 4.13. The van der Waals surface area contributed by atoms with Crippen molar-refractivity contribution in [3.63, 3.8) is 0 Å². The summed E-state index contributed by atoms with van der Waals surface area (Å²) in [5.74, 6) is 0.828. The second-order valence-corrected chi connectivity index (χ2v) is 3.19. The van der Waals surface area contributed by atoms with E-state index in [0.29, 0.717) is 5.75 Å². The molecule has 0 saturated heterocycles. The first-order chi connectivity index (χ1) is 6.60. The van der Waals surface area contributed by atoms with E-state index < -0.39 is 0 Å². The molecular formula is C11H15NO2. The Kier molecular flexibility index (Phi) is 3.12. The van der Waals surface area contributed by atoms with Crippen molar-refractivity contribution in [1.29, 1.82) is 5.41 Å². The Morgan fingerprint density at radius 1 is 1.21 bits per heavy atom. The third-order valence-electron chi connectivity index (χ3n) is 2.09. The molecule has 0 radical (unpaired) electrons. The number of benzene rings is 1. The number of nitrogens with one attached hydrogen (secondary N) is 1. The summed E-state index contributed by atoms with van der Waals surface area (Å²) in [6.45, 7) is 3.94. The van der Waals surface area contributed by atoms with Crippen LogP contribution in [0.25, 0.3) is 0 Å². The molecule has 3 heteroatoms. The Morgan fingerprint density at radius 3 is 2.36 bits per heavy atom. The highest BCUT2D eigenvalue weighted by Crippen LogP contribution is 2.24. The van der Waals surface area contributed by atoms with Crippen LogP contribution < -0.4 is 4.74 Å². The number of hydrogen-bond donors (Lipinski definition) is 1. The Hall–Kier alpha value is -1.51. The first-order valence-electron chi connectivity index (χ1n) is 4.38. The number of rotatable bonds is 2. The summed E-state index contributed by atoms with van der Waals surface area (Å²) < 4.78 is 10.1. The van der Waals surface area contributed by atoms with Gasteiger partial charge in [-0.15, -0.1) is 0 Å². The van der Waals surface area contributed by atoms with Gasteiger partial charge in [-0.1, -0.05) is 6.07 Å². The van der Waals surface area contributed by atoms with Gasteiger partial charge in [0.15, 0.2) is 0 Å². The molecule has 0 amide bonds. The maximum atomic E-state index is 7.63. The van der Waals surface area contributed by atoms with Gasteiger partial charge in [0.2, 0.25) is 5.90 Å². The van der Waals surface area contributed by atoms with Gasteiger partial charge in [-0.2, -0.15) is 0 Å². The zero-order valence-electron chi connectivity index (χ0n) is 8.97. The molecule has 14 heavy (non-hydrogen) atoms. The van der Waals surface area contributed by atoms with Crippen LogP contribution in [0.2, 0.25) is 0 Å². The van der Waals surface area contributed by atoms with Gasteiger partial charge in [0, 0.05) is 0 Å². The molecule has 0 bridgehead atoms. The fourth-order valence-electron chi connectivity index (χ4n) is 1.48. The molecule has 1 rings (SSSR count). The lowest BCUT2D eigenvalue weighted by atomic mass is 10.0. The minimum Gasteiger partial charge on any atom is -0.496 e. The quantitative estimate of drug-likeness (QED) is 0.578. The molecule has 0 heterocycles. The Balaban J connectivity index is 3.32. The van der Waals surface area contributed by atoms with Gasteiger partial charge in [-0.05, 0) is 31.0 Å². The number of ether oxygens (including phenoxy) is 2. The summed E-state index contributed by atoms with van der Waals surface area (Å²) in [5.41, 5.74) is 2.83. The van der Waals surface area contributed by atoms with Crippen LogP contribution >= 0.6 is 0 Å². The molecule has 3 nitrogen and oxygen atoms in total. The zero-order valence-corrected chi connectivity index (χ0v) is 8.97. The molecule has 1 aromatic rings. The van der Waals surface area contributed by atoms with Crippen LogP contribution in [0.4, 0.5) is 0 Å². The van der Waals surface area contributed by atoms with E-state index in [-0.39, 0.29) is 5.90 Å². The minimum atomic E-state index is 0.138. The van der Waals surface area contributed by atoms with Crippen molar-refractivity contribution in [2.75, 3.05) is 14.2 Å². The van der Waals surface area contributed by atoms with Gasteiger partial charge in [0.1, 0.15) is 5.75 Å². The Labute approximate surface area is 84.2 Å². The number of methoxy groups -OCH3 is 2. The highest BCUT2D eigenvalue weighted by molar-refractivity contribution is 5.96. The van der Waals surface area contributed by atoms with Gasteiger partial charge in [-0.25, -0.2) is 0 Å². The molecule has 0 fully saturated rings. The molecule has 0 saturated carbocycles.